The Balaban J connectivity index is 0.982. The summed E-state index contributed by atoms with van der Waals surface area (Å²) in [6, 6.07) is 5.50. The van der Waals surface area contributed by atoms with Gasteiger partial charge in [-0.3, -0.25) is 14.3 Å². The van der Waals surface area contributed by atoms with Gasteiger partial charge in [0, 0.05) is 24.4 Å². The summed E-state index contributed by atoms with van der Waals surface area (Å²) < 4.78 is 15.5. The molecular formula is C30H35N7O5. The Hall–Kier alpha value is -4.19. The monoisotopic (exact) mass is 573 g/mol. The normalized spacial score (nSPS) is 23.5. The van der Waals surface area contributed by atoms with Crippen LogP contribution < -0.4 is 20.5 Å². The summed E-state index contributed by atoms with van der Waals surface area (Å²) in [5, 5.41) is 22.8. The van der Waals surface area contributed by atoms with E-state index in [4.69, 9.17) is 15.2 Å². The van der Waals surface area contributed by atoms with Crippen LogP contribution >= 0.6 is 0 Å². The number of ether oxygens (including phenoxy) is 2. The Morgan fingerprint density at radius 3 is 2.60 bits per heavy atom. The molecule has 7 rings (SSSR count). The molecule has 3 aliphatic rings. The molecule has 4 N–H and O–H groups in total. The van der Waals surface area contributed by atoms with Crippen LogP contribution in [0.15, 0.2) is 30.6 Å². The molecule has 2 amide bonds. The van der Waals surface area contributed by atoms with Gasteiger partial charge < -0.3 is 25.6 Å². The van der Waals surface area contributed by atoms with Crippen molar-refractivity contribution in [3.05, 3.63) is 47.4 Å². The molecule has 0 aliphatic heterocycles. The number of hydrogen-bond donors (Lipinski definition) is 3. The van der Waals surface area contributed by atoms with Crippen LogP contribution in [0.5, 0.6) is 11.6 Å². The number of nitrogens with zero attached hydrogens (tertiary/aromatic N) is 5. The Morgan fingerprint density at radius 2 is 1.90 bits per heavy atom. The minimum absolute atomic E-state index is 0.0637. The molecule has 0 aromatic carbocycles. The van der Waals surface area contributed by atoms with Gasteiger partial charge in [0.05, 0.1) is 34.8 Å². The van der Waals surface area contributed by atoms with Crippen molar-refractivity contribution < 1.29 is 24.2 Å². The molecular weight excluding hydrogens is 538 g/mol. The van der Waals surface area contributed by atoms with E-state index < -0.39 is 11.5 Å². The lowest BCUT2D eigenvalue weighted by Gasteiger charge is -2.57. The summed E-state index contributed by atoms with van der Waals surface area (Å²) in [6.07, 6.45) is 8.71. The van der Waals surface area contributed by atoms with Gasteiger partial charge in [0.1, 0.15) is 24.0 Å². The number of pyridine rings is 2. The Bertz CT molecular complexity index is 1720. The highest BCUT2D eigenvalue weighted by molar-refractivity contribution is 6.01. The zero-order valence-corrected chi connectivity index (χ0v) is 24.0. The third kappa shape index (κ3) is 4.73. The Morgan fingerprint density at radius 1 is 1.14 bits per heavy atom. The number of amides is 2. The summed E-state index contributed by atoms with van der Waals surface area (Å²) >= 11 is 0. The van der Waals surface area contributed by atoms with Gasteiger partial charge >= 0.3 is 0 Å². The molecule has 0 radical (unpaired) electrons. The van der Waals surface area contributed by atoms with Crippen molar-refractivity contribution in [3.8, 4) is 11.6 Å². The Kier molecular flexibility index (Phi) is 5.98. The fraction of sp³-hybridized carbons (Fsp3) is 0.500. The molecule has 4 aromatic rings. The van der Waals surface area contributed by atoms with Crippen molar-refractivity contribution in [3.63, 3.8) is 0 Å². The van der Waals surface area contributed by atoms with Crippen molar-refractivity contribution in [1.82, 2.24) is 29.7 Å². The van der Waals surface area contributed by atoms with Gasteiger partial charge in [-0.1, -0.05) is 0 Å². The summed E-state index contributed by atoms with van der Waals surface area (Å²) in [7, 11) is 1.79. The van der Waals surface area contributed by atoms with Crippen LogP contribution in [-0.2, 0) is 7.05 Å². The maximum atomic E-state index is 13.3. The van der Waals surface area contributed by atoms with Gasteiger partial charge in [0.15, 0.2) is 5.65 Å². The lowest BCUT2D eigenvalue weighted by Crippen LogP contribution is -2.58. The van der Waals surface area contributed by atoms with Gasteiger partial charge in [0.25, 0.3) is 11.8 Å². The number of aromatic nitrogens is 5. The van der Waals surface area contributed by atoms with Crippen LogP contribution in [0.1, 0.15) is 84.7 Å². The highest BCUT2D eigenvalue weighted by Gasteiger charge is 2.54. The second-order valence-corrected chi connectivity index (χ2v) is 12.9. The lowest BCUT2D eigenvalue weighted by atomic mass is 9.53. The first-order valence-corrected chi connectivity index (χ1v) is 14.4. The van der Waals surface area contributed by atoms with Crippen LogP contribution in [-0.4, -0.2) is 65.7 Å². The average molecular weight is 574 g/mol. The van der Waals surface area contributed by atoms with Crippen molar-refractivity contribution in [2.24, 2.45) is 18.2 Å². The van der Waals surface area contributed by atoms with Gasteiger partial charge in [-0.05, 0) is 76.0 Å². The first-order chi connectivity index (χ1) is 20.0. The first kappa shape index (κ1) is 26.7. The molecule has 0 saturated heterocycles. The molecule has 0 unspecified atom stereocenters. The standard InChI is InChI=1S/C30H35N7O5/c1-29(2,40)15-41-23-7-6-22-21(14-33-37(22)24(23)16-4-5-16)27(39)34-18-9-30(10-18)11-19(12-30)42-28-20(25(31)38)8-17-13-32-36(3)26(17)35-28/h6-8,13-14,16,18-19,40H,4-5,9-12,15H2,1-3H3,(H2,31,38)(H,34,39). The summed E-state index contributed by atoms with van der Waals surface area (Å²) in [5.74, 6) is 0.558. The molecule has 3 aliphatic carbocycles. The predicted octanol–water partition coefficient (Wildman–Crippen LogP) is 2.86. The lowest BCUT2D eigenvalue weighted by molar-refractivity contribution is -0.0847. The van der Waals surface area contributed by atoms with E-state index in [1.807, 2.05) is 16.6 Å². The number of fused-ring (bicyclic) bond motifs is 2. The van der Waals surface area contributed by atoms with E-state index in [1.54, 1.807) is 44.0 Å². The smallest absolute Gasteiger partial charge is 0.255 e. The maximum absolute atomic E-state index is 13.3. The number of carbonyl (C=O) groups is 2. The number of aliphatic hydroxyl groups is 1. The molecule has 0 atom stereocenters. The zero-order valence-electron chi connectivity index (χ0n) is 24.0. The number of nitrogens with two attached hydrogens (primary N) is 1. The van der Waals surface area contributed by atoms with Crippen LogP contribution in [0, 0.1) is 5.41 Å². The Labute approximate surface area is 242 Å². The SMILES string of the molecule is Cn1ncc2cc(C(N)=O)c(OC3CC4(CC(NC(=O)c5cnn6c(C7CC7)c(OCC(C)(C)O)ccc56)C4)C3)nc21. The van der Waals surface area contributed by atoms with Crippen molar-refractivity contribution in [2.75, 3.05) is 6.61 Å². The van der Waals surface area contributed by atoms with Gasteiger partial charge in [-0.25, -0.2) is 4.52 Å². The molecule has 12 nitrogen and oxygen atoms in total. The van der Waals surface area contributed by atoms with E-state index in [9.17, 15) is 14.7 Å². The van der Waals surface area contributed by atoms with Gasteiger partial charge in [-0.15, -0.1) is 0 Å². The van der Waals surface area contributed by atoms with E-state index in [1.165, 1.54) is 0 Å². The third-order valence-electron chi connectivity index (χ3n) is 8.70. The molecule has 3 fully saturated rings. The van der Waals surface area contributed by atoms with E-state index in [2.05, 4.69) is 20.5 Å². The first-order valence-electron chi connectivity index (χ1n) is 14.4. The molecule has 3 saturated carbocycles. The van der Waals surface area contributed by atoms with Crippen LogP contribution in [0.3, 0.4) is 0 Å². The van der Waals surface area contributed by atoms with E-state index in [-0.39, 0.29) is 41.5 Å². The molecule has 220 valence electrons. The molecule has 1 spiro atoms. The fourth-order valence-electron chi connectivity index (χ4n) is 6.50. The topological polar surface area (TPSA) is 159 Å². The number of aryl methyl sites for hydroxylation is 1. The molecule has 4 heterocycles. The largest absolute Gasteiger partial charge is 0.489 e. The fourth-order valence-corrected chi connectivity index (χ4v) is 6.50. The molecule has 0 bridgehead atoms. The molecule has 12 heteroatoms. The number of rotatable bonds is 9. The predicted molar refractivity (Wildman–Crippen MR) is 153 cm³/mol. The van der Waals surface area contributed by atoms with E-state index >= 15 is 0 Å². The minimum Gasteiger partial charge on any atom is -0.489 e. The number of hydrogen-bond acceptors (Lipinski definition) is 8. The number of primary amides is 1. The highest BCUT2D eigenvalue weighted by Crippen LogP contribution is 2.57. The van der Waals surface area contributed by atoms with Crippen LogP contribution in [0.4, 0.5) is 0 Å². The van der Waals surface area contributed by atoms with Gasteiger partial charge in [0.2, 0.25) is 5.88 Å². The third-order valence-corrected chi connectivity index (χ3v) is 8.70. The zero-order chi connectivity index (χ0) is 29.4. The minimum atomic E-state index is -0.949. The van der Waals surface area contributed by atoms with E-state index in [0.717, 1.165) is 55.1 Å². The van der Waals surface area contributed by atoms with Crippen molar-refractivity contribution in [1.29, 1.82) is 0 Å². The summed E-state index contributed by atoms with van der Waals surface area (Å²) in [5.41, 5.74) is 7.89. The average Bonchev–Trinajstić information content (AvgIpc) is 3.54. The summed E-state index contributed by atoms with van der Waals surface area (Å²) in [4.78, 5) is 29.8. The number of carbonyl (C=O) groups excluding carboxylic acids is 2. The van der Waals surface area contributed by atoms with E-state index in [0.29, 0.717) is 22.9 Å². The number of nitrogens with one attached hydrogen (secondary N) is 1. The van der Waals surface area contributed by atoms with Crippen molar-refractivity contribution >= 4 is 28.4 Å². The second-order valence-electron chi connectivity index (χ2n) is 12.9. The van der Waals surface area contributed by atoms with Crippen LogP contribution in [0.25, 0.3) is 16.6 Å². The summed E-state index contributed by atoms with van der Waals surface area (Å²) in [6.45, 7) is 3.59. The van der Waals surface area contributed by atoms with Gasteiger partial charge in [-0.2, -0.15) is 15.2 Å². The highest BCUT2D eigenvalue weighted by atomic mass is 16.5. The van der Waals surface area contributed by atoms with Crippen LogP contribution in [0.2, 0.25) is 0 Å². The molecule has 42 heavy (non-hydrogen) atoms. The molecule has 4 aromatic heterocycles. The maximum Gasteiger partial charge on any atom is 0.255 e. The second kappa shape index (κ2) is 9.41. The van der Waals surface area contributed by atoms with Crippen molar-refractivity contribution in [2.45, 2.75) is 76.0 Å². The quantitative estimate of drug-likeness (QED) is 0.276.